The number of carbonyl (C=O) groups excluding carboxylic acids is 1. The van der Waals surface area contributed by atoms with Gasteiger partial charge in [-0.05, 0) is 45.2 Å². The molecule has 1 aromatic heterocycles. The van der Waals surface area contributed by atoms with Crippen LogP contribution in [0.3, 0.4) is 0 Å². The van der Waals surface area contributed by atoms with Crippen molar-refractivity contribution < 1.29 is 4.79 Å². The lowest BCUT2D eigenvalue weighted by Gasteiger charge is -2.37. The van der Waals surface area contributed by atoms with Crippen LogP contribution < -0.4 is 5.73 Å². The molecular formula is C14H21N3O. The van der Waals surface area contributed by atoms with Crippen LogP contribution >= 0.6 is 0 Å². The van der Waals surface area contributed by atoms with E-state index in [9.17, 15) is 4.79 Å². The summed E-state index contributed by atoms with van der Waals surface area (Å²) in [7, 11) is 0. The molecule has 1 saturated heterocycles. The minimum atomic E-state index is 0.0130. The Balaban J connectivity index is 2.21. The monoisotopic (exact) mass is 247 g/mol. The van der Waals surface area contributed by atoms with Crippen LogP contribution in [0, 0.1) is 6.92 Å². The maximum atomic E-state index is 12.5. The van der Waals surface area contributed by atoms with E-state index in [1.165, 1.54) is 0 Å². The Morgan fingerprint density at radius 2 is 2.28 bits per heavy atom. The Labute approximate surface area is 108 Å². The predicted molar refractivity (Wildman–Crippen MR) is 71.3 cm³/mol. The Bertz CT molecular complexity index is 431. The summed E-state index contributed by atoms with van der Waals surface area (Å²) < 4.78 is 0. The van der Waals surface area contributed by atoms with Gasteiger partial charge in [0.05, 0.1) is 0 Å². The zero-order chi connectivity index (χ0) is 13.1. The number of amides is 1. The van der Waals surface area contributed by atoms with Gasteiger partial charge in [0.1, 0.15) is 5.69 Å². The normalized spacial score (nSPS) is 21.7. The van der Waals surface area contributed by atoms with Gasteiger partial charge in [-0.3, -0.25) is 4.79 Å². The first-order chi connectivity index (χ1) is 8.59. The topological polar surface area (TPSA) is 59.2 Å². The van der Waals surface area contributed by atoms with Crippen LogP contribution in [0.15, 0.2) is 18.2 Å². The Kier molecular flexibility index (Phi) is 3.97. The lowest BCUT2D eigenvalue weighted by molar-refractivity contribution is 0.0577. The Morgan fingerprint density at radius 3 is 2.94 bits per heavy atom. The van der Waals surface area contributed by atoms with E-state index in [2.05, 4.69) is 4.98 Å². The van der Waals surface area contributed by atoms with E-state index in [-0.39, 0.29) is 18.0 Å². The zero-order valence-electron chi connectivity index (χ0n) is 11.1. The van der Waals surface area contributed by atoms with E-state index in [1.54, 1.807) is 6.07 Å². The average molecular weight is 247 g/mol. The highest BCUT2D eigenvalue weighted by Crippen LogP contribution is 2.21. The van der Waals surface area contributed by atoms with E-state index in [0.29, 0.717) is 5.69 Å². The second kappa shape index (κ2) is 5.48. The molecule has 1 aliphatic heterocycles. The first-order valence-corrected chi connectivity index (χ1v) is 6.60. The zero-order valence-corrected chi connectivity index (χ0v) is 11.1. The molecule has 4 nitrogen and oxygen atoms in total. The van der Waals surface area contributed by atoms with Crippen molar-refractivity contribution in [3.8, 4) is 0 Å². The van der Waals surface area contributed by atoms with Crippen LogP contribution in [-0.2, 0) is 0 Å². The first kappa shape index (κ1) is 13.0. The number of hydrogen-bond donors (Lipinski definition) is 1. The molecule has 1 amide bonds. The van der Waals surface area contributed by atoms with Gasteiger partial charge in [-0.25, -0.2) is 4.98 Å². The number of nitrogens with zero attached hydrogens (tertiary/aromatic N) is 2. The second-order valence-corrected chi connectivity index (χ2v) is 5.09. The fraction of sp³-hybridized carbons (Fsp3) is 0.571. The number of carbonyl (C=O) groups is 1. The third-order valence-electron chi connectivity index (χ3n) is 3.52. The molecule has 2 rings (SSSR count). The first-order valence-electron chi connectivity index (χ1n) is 6.60. The largest absolute Gasteiger partial charge is 0.333 e. The van der Waals surface area contributed by atoms with E-state index < -0.39 is 0 Å². The van der Waals surface area contributed by atoms with Crippen molar-refractivity contribution in [2.75, 3.05) is 6.54 Å². The molecule has 1 fully saturated rings. The molecule has 0 aromatic carbocycles. The summed E-state index contributed by atoms with van der Waals surface area (Å²) in [4.78, 5) is 18.7. The fourth-order valence-corrected chi connectivity index (χ4v) is 2.57. The van der Waals surface area contributed by atoms with Crippen LogP contribution in [0.25, 0.3) is 0 Å². The van der Waals surface area contributed by atoms with Gasteiger partial charge in [-0.1, -0.05) is 6.07 Å². The van der Waals surface area contributed by atoms with Crippen molar-refractivity contribution in [3.63, 3.8) is 0 Å². The van der Waals surface area contributed by atoms with Crippen molar-refractivity contribution in [1.29, 1.82) is 0 Å². The molecule has 0 aliphatic carbocycles. The van der Waals surface area contributed by atoms with E-state index >= 15 is 0 Å². The number of likely N-dealkylation sites (tertiary alicyclic amines) is 1. The van der Waals surface area contributed by atoms with Crippen LogP contribution in [0.5, 0.6) is 0 Å². The summed E-state index contributed by atoms with van der Waals surface area (Å²) in [5.74, 6) is 0.0145. The van der Waals surface area contributed by atoms with E-state index in [0.717, 1.165) is 31.5 Å². The molecular weight excluding hydrogens is 226 g/mol. The number of pyridine rings is 1. The fourth-order valence-electron chi connectivity index (χ4n) is 2.57. The number of piperidine rings is 1. The summed E-state index contributed by atoms with van der Waals surface area (Å²) in [5.41, 5.74) is 7.39. The molecule has 2 N–H and O–H groups in total. The summed E-state index contributed by atoms with van der Waals surface area (Å²) in [6, 6.07) is 5.71. The number of hydrogen-bond acceptors (Lipinski definition) is 3. The van der Waals surface area contributed by atoms with Crippen molar-refractivity contribution in [1.82, 2.24) is 9.88 Å². The van der Waals surface area contributed by atoms with Gasteiger partial charge in [0.25, 0.3) is 5.91 Å². The molecule has 0 saturated carbocycles. The average Bonchev–Trinajstić information content (AvgIpc) is 2.38. The molecule has 4 heteroatoms. The minimum Gasteiger partial charge on any atom is -0.333 e. The van der Waals surface area contributed by atoms with Gasteiger partial charge in [0, 0.05) is 24.3 Å². The van der Waals surface area contributed by atoms with Crippen LogP contribution in [-0.4, -0.2) is 34.4 Å². The number of nitrogens with two attached hydrogens (primary N) is 1. The Morgan fingerprint density at radius 1 is 1.50 bits per heavy atom. The SMILES string of the molecule is Cc1cccc(C(=O)N2CCCC[C@H]2[C@@H](C)N)n1. The molecule has 0 spiro atoms. The van der Waals surface area contributed by atoms with Gasteiger partial charge in [-0.2, -0.15) is 0 Å². The van der Waals surface area contributed by atoms with Gasteiger partial charge in [0.15, 0.2) is 0 Å². The van der Waals surface area contributed by atoms with Crippen molar-refractivity contribution in [3.05, 3.63) is 29.6 Å². The smallest absolute Gasteiger partial charge is 0.272 e. The summed E-state index contributed by atoms with van der Waals surface area (Å²) in [5, 5.41) is 0. The number of rotatable bonds is 2. The molecule has 98 valence electrons. The highest BCUT2D eigenvalue weighted by Gasteiger charge is 2.30. The summed E-state index contributed by atoms with van der Waals surface area (Å²) in [6.45, 7) is 4.66. The predicted octanol–water partition coefficient (Wildman–Crippen LogP) is 1.73. The van der Waals surface area contributed by atoms with Crippen LogP contribution in [0.1, 0.15) is 42.4 Å². The third kappa shape index (κ3) is 2.70. The van der Waals surface area contributed by atoms with Gasteiger partial charge < -0.3 is 10.6 Å². The quantitative estimate of drug-likeness (QED) is 0.866. The summed E-state index contributed by atoms with van der Waals surface area (Å²) in [6.07, 6.45) is 3.20. The molecule has 0 unspecified atom stereocenters. The van der Waals surface area contributed by atoms with Crippen molar-refractivity contribution in [2.24, 2.45) is 5.73 Å². The van der Waals surface area contributed by atoms with E-state index in [4.69, 9.17) is 5.73 Å². The Hall–Kier alpha value is -1.42. The van der Waals surface area contributed by atoms with E-state index in [1.807, 2.05) is 30.9 Å². The van der Waals surface area contributed by atoms with Gasteiger partial charge in [-0.15, -0.1) is 0 Å². The molecule has 2 heterocycles. The maximum absolute atomic E-state index is 12.5. The highest BCUT2D eigenvalue weighted by atomic mass is 16.2. The number of aromatic nitrogens is 1. The third-order valence-corrected chi connectivity index (χ3v) is 3.52. The molecule has 1 aromatic rings. The molecule has 2 atom stereocenters. The maximum Gasteiger partial charge on any atom is 0.272 e. The van der Waals surface area contributed by atoms with Crippen molar-refractivity contribution in [2.45, 2.75) is 45.2 Å². The van der Waals surface area contributed by atoms with Gasteiger partial charge >= 0.3 is 0 Å². The van der Waals surface area contributed by atoms with Crippen LogP contribution in [0.4, 0.5) is 0 Å². The lowest BCUT2D eigenvalue weighted by atomic mass is 9.96. The molecule has 18 heavy (non-hydrogen) atoms. The highest BCUT2D eigenvalue weighted by molar-refractivity contribution is 5.92. The van der Waals surface area contributed by atoms with Gasteiger partial charge in [0.2, 0.25) is 0 Å². The summed E-state index contributed by atoms with van der Waals surface area (Å²) >= 11 is 0. The minimum absolute atomic E-state index is 0.0130. The molecule has 0 radical (unpaired) electrons. The van der Waals surface area contributed by atoms with Crippen molar-refractivity contribution >= 4 is 5.91 Å². The second-order valence-electron chi connectivity index (χ2n) is 5.09. The van der Waals surface area contributed by atoms with Crippen LogP contribution in [0.2, 0.25) is 0 Å². The lowest BCUT2D eigenvalue weighted by Crippen LogP contribution is -2.51. The molecule has 0 bridgehead atoms. The molecule has 1 aliphatic rings. The standard InChI is InChI=1S/C14H21N3O/c1-10-6-5-7-12(16-10)14(18)17-9-4-3-8-13(17)11(2)15/h5-7,11,13H,3-4,8-9,15H2,1-2H3/t11-,13+/m1/s1. The number of aryl methyl sites for hydroxylation is 1.